The molecule has 1 N–H and O–H groups in total. The summed E-state index contributed by atoms with van der Waals surface area (Å²) in [4.78, 5) is 43.6. The molecule has 0 aliphatic carbocycles. The van der Waals surface area contributed by atoms with Crippen molar-refractivity contribution in [3.63, 3.8) is 0 Å². The number of nitrogens with one attached hydrogen (secondary N) is 1. The molecule has 0 radical (unpaired) electrons. The smallest absolute Gasteiger partial charge is 0.238 e. The number of anilines is 1. The van der Waals surface area contributed by atoms with E-state index in [2.05, 4.69) is 5.32 Å². The molecule has 0 bridgehead atoms. The number of nitrogens with zero attached hydrogens (tertiary/aromatic N) is 3. The van der Waals surface area contributed by atoms with E-state index in [1.807, 2.05) is 47.1 Å². The first-order valence-corrected chi connectivity index (χ1v) is 11.3. The van der Waals surface area contributed by atoms with Crippen LogP contribution in [-0.4, -0.2) is 71.7 Å². The molecule has 0 unspecified atom stereocenters. The van der Waals surface area contributed by atoms with Crippen molar-refractivity contribution in [3.8, 4) is 0 Å². The maximum atomic E-state index is 13.1. The summed E-state index contributed by atoms with van der Waals surface area (Å²) < 4.78 is 13.0. The topological polar surface area (TPSA) is 73.0 Å². The van der Waals surface area contributed by atoms with Crippen LogP contribution >= 0.6 is 0 Å². The first kappa shape index (κ1) is 22.9. The number of rotatable bonds is 6. The molecule has 0 spiro atoms. The molecule has 7 nitrogen and oxygen atoms in total. The van der Waals surface area contributed by atoms with E-state index >= 15 is 0 Å². The lowest BCUT2D eigenvalue weighted by Gasteiger charge is -2.35. The second-order valence-corrected chi connectivity index (χ2v) is 8.69. The molecule has 2 aromatic carbocycles. The molecule has 2 saturated heterocycles. The summed E-state index contributed by atoms with van der Waals surface area (Å²) in [6, 6.07) is 15.4. The van der Waals surface area contributed by atoms with Crippen molar-refractivity contribution in [2.24, 2.45) is 5.92 Å². The van der Waals surface area contributed by atoms with Crippen LogP contribution in [0.4, 0.5) is 10.1 Å². The normalized spacial score (nSPS) is 20.1. The van der Waals surface area contributed by atoms with Crippen LogP contribution in [0.1, 0.15) is 24.9 Å². The van der Waals surface area contributed by atoms with Crippen LogP contribution in [0.5, 0.6) is 0 Å². The molecule has 8 heteroatoms. The highest BCUT2D eigenvalue weighted by atomic mass is 19.1. The number of piperazine rings is 1. The van der Waals surface area contributed by atoms with E-state index in [9.17, 15) is 18.8 Å². The zero-order valence-corrected chi connectivity index (χ0v) is 18.7. The maximum Gasteiger partial charge on any atom is 0.238 e. The SMILES string of the molecule is C[C@@H](c1ccccc1)N1C[C@H](C(=O)N2CCN(CC(=O)Nc3ccc(F)cc3)CC2)CC1=O. The summed E-state index contributed by atoms with van der Waals surface area (Å²) in [6.07, 6.45) is 0.246. The summed E-state index contributed by atoms with van der Waals surface area (Å²) in [7, 11) is 0. The average molecular weight is 453 g/mol. The van der Waals surface area contributed by atoms with Gasteiger partial charge in [-0.05, 0) is 36.8 Å². The summed E-state index contributed by atoms with van der Waals surface area (Å²) in [6.45, 7) is 4.89. The average Bonchev–Trinajstić information content (AvgIpc) is 3.22. The summed E-state index contributed by atoms with van der Waals surface area (Å²) >= 11 is 0. The Morgan fingerprint density at radius 3 is 2.36 bits per heavy atom. The van der Waals surface area contributed by atoms with Gasteiger partial charge in [0.15, 0.2) is 0 Å². The van der Waals surface area contributed by atoms with E-state index < -0.39 is 0 Å². The minimum Gasteiger partial charge on any atom is -0.340 e. The Morgan fingerprint density at radius 2 is 1.70 bits per heavy atom. The largest absolute Gasteiger partial charge is 0.340 e. The van der Waals surface area contributed by atoms with E-state index in [-0.39, 0.29) is 48.5 Å². The minimum absolute atomic E-state index is 0.0146. The van der Waals surface area contributed by atoms with Crippen molar-refractivity contribution in [1.29, 1.82) is 0 Å². The molecular formula is C25H29FN4O3. The fourth-order valence-electron chi connectivity index (χ4n) is 4.50. The van der Waals surface area contributed by atoms with Gasteiger partial charge in [-0.25, -0.2) is 4.39 Å². The van der Waals surface area contributed by atoms with Crippen molar-refractivity contribution in [2.75, 3.05) is 44.6 Å². The highest BCUT2D eigenvalue weighted by Gasteiger charge is 2.39. The number of amides is 3. The molecule has 2 aliphatic rings. The highest BCUT2D eigenvalue weighted by molar-refractivity contribution is 5.92. The van der Waals surface area contributed by atoms with Crippen LogP contribution in [0, 0.1) is 11.7 Å². The minimum atomic E-state index is -0.351. The first-order chi connectivity index (χ1) is 15.9. The van der Waals surface area contributed by atoms with Crippen LogP contribution in [0.2, 0.25) is 0 Å². The third-order valence-electron chi connectivity index (χ3n) is 6.44. The van der Waals surface area contributed by atoms with Crippen molar-refractivity contribution in [2.45, 2.75) is 19.4 Å². The second-order valence-electron chi connectivity index (χ2n) is 8.69. The molecule has 2 heterocycles. The molecule has 33 heavy (non-hydrogen) atoms. The molecule has 4 rings (SSSR count). The predicted molar refractivity (Wildman–Crippen MR) is 123 cm³/mol. The van der Waals surface area contributed by atoms with Crippen LogP contribution < -0.4 is 5.32 Å². The van der Waals surface area contributed by atoms with Gasteiger partial charge in [0.1, 0.15) is 5.82 Å². The Bertz CT molecular complexity index is 990. The van der Waals surface area contributed by atoms with Crippen LogP contribution in [0.25, 0.3) is 0 Å². The quantitative estimate of drug-likeness (QED) is 0.731. The lowest BCUT2D eigenvalue weighted by molar-refractivity contribution is -0.137. The third kappa shape index (κ3) is 5.57. The molecule has 2 aromatic rings. The van der Waals surface area contributed by atoms with E-state index in [4.69, 9.17) is 0 Å². The molecule has 174 valence electrons. The van der Waals surface area contributed by atoms with E-state index in [0.29, 0.717) is 38.4 Å². The number of benzene rings is 2. The zero-order chi connectivity index (χ0) is 23.4. The maximum absolute atomic E-state index is 13.1. The third-order valence-corrected chi connectivity index (χ3v) is 6.44. The van der Waals surface area contributed by atoms with Crippen LogP contribution in [0.3, 0.4) is 0 Å². The number of halogens is 1. The summed E-state index contributed by atoms with van der Waals surface area (Å²) in [5, 5.41) is 2.76. The zero-order valence-electron chi connectivity index (χ0n) is 18.7. The number of likely N-dealkylation sites (tertiary alicyclic amines) is 1. The summed E-state index contributed by atoms with van der Waals surface area (Å²) in [5.74, 6) is -0.817. The Balaban J connectivity index is 1.25. The second kappa shape index (κ2) is 10.1. The Morgan fingerprint density at radius 1 is 1.03 bits per heavy atom. The molecule has 2 fully saturated rings. The number of carbonyl (C=O) groups is 3. The van der Waals surface area contributed by atoms with E-state index in [1.54, 1.807) is 4.90 Å². The van der Waals surface area contributed by atoms with Gasteiger partial charge in [-0.1, -0.05) is 30.3 Å². The fourth-order valence-corrected chi connectivity index (χ4v) is 4.50. The van der Waals surface area contributed by atoms with Crippen LogP contribution in [0.15, 0.2) is 54.6 Å². The standard InChI is InChI=1S/C25H29FN4O3/c1-18(19-5-3-2-4-6-19)30-16-20(15-24(30)32)25(33)29-13-11-28(12-14-29)17-23(31)27-22-9-7-21(26)8-10-22/h2-10,18,20H,11-17H2,1H3,(H,27,31)/t18-,20+/m0/s1. The van der Waals surface area contributed by atoms with Gasteiger partial charge >= 0.3 is 0 Å². The molecule has 0 saturated carbocycles. The van der Waals surface area contributed by atoms with E-state index in [1.165, 1.54) is 24.3 Å². The van der Waals surface area contributed by atoms with Gasteiger partial charge in [-0.2, -0.15) is 0 Å². The first-order valence-electron chi connectivity index (χ1n) is 11.3. The van der Waals surface area contributed by atoms with Gasteiger partial charge in [0.2, 0.25) is 17.7 Å². The predicted octanol–water partition coefficient (Wildman–Crippen LogP) is 2.52. The lowest BCUT2D eigenvalue weighted by atomic mass is 10.1. The van der Waals surface area contributed by atoms with Gasteiger partial charge in [0.25, 0.3) is 0 Å². The summed E-state index contributed by atoms with van der Waals surface area (Å²) in [5.41, 5.74) is 1.61. The Kier molecular flexibility index (Phi) is 7.03. The fraction of sp³-hybridized carbons (Fsp3) is 0.400. The molecule has 3 amide bonds. The van der Waals surface area contributed by atoms with Gasteiger partial charge in [0.05, 0.1) is 18.5 Å². The van der Waals surface area contributed by atoms with Gasteiger partial charge in [0, 0.05) is 44.8 Å². The van der Waals surface area contributed by atoms with Gasteiger partial charge < -0.3 is 15.1 Å². The molecule has 2 atom stereocenters. The highest BCUT2D eigenvalue weighted by Crippen LogP contribution is 2.29. The van der Waals surface area contributed by atoms with Gasteiger partial charge in [-0.3, -0.25) is 19.3 Å². The number of hydrogen-bond acceptors (Lipinski definition) is 4. The molecular weight excluding hydrogens is 423 g/mol. The number of hydrogen-bond donors (Lipinski definition) is 1. The lowest BCUT2D eigenvalue weighted by Crippen LogP contribution is -2.52. The van der Waals surface area contributed by atoms with Gasteiger partial charge in [-0.15, -0.1) is 0 Å². The van der Waals surface area contributed by atoms with Crippen molar-refractivity contribution in [1.82, 2.24) is 14.7 Å². The molecule has 0 aromatic heterocycles. The number of carbonyl (C=O) groups excluding carboxylic acids is 3. The van der Waals surface area contributed by atoms with Crippen LogP contribution in [-0.2, 0) is 14.4 Å². The van der Waals surface area contributed by atoms with E-state index in [0.717, 1.165) is 5.56 Å². The van der Waals surface area contributed by atoms with Crippen molar-refractivity contribution < 1.29 is 18.8 Å². The van der Waals surface area contributed by atoms with Crippen molar-refractivity contribution in [3.05, 3.63) is 66.0 Å². The Labute approximate surface area is 193 Å². The van der Waals surface area contributed by atoms with Crippen molar-refractivity contribution >= 4 is 23.4 Å². The Hall–Kier alpha value is -3.26. The molecule has 2 aliphatic heterocycles. The monoisotopic (exact) mass is 452 g/mol.